The molecule has 0 atom stereocenters. The topological polar surface area (TPSA) is 74.0 Å². The maximum Gasteiger partial charge on any atom is 0.277 e. The Bertz CT molecular complexity index is 1360. The van der Waals surface area contributed by atoms with Crippen molar-refractivity contribution in [2.24, 2.45) is 0 Å². The number of carbonyl (C=O) groups is 1. The van der Waals surface area contributed by atoms with Gasteiger partial charge in [-0.1, -0.05) is 32.9 Å². The first kappa shape index (κ1) is 25.0. The fourth-order valence-electron chi connectivity index (χ4n) is 3.37. The summed E-state index contributed by atoms with van der Waals surface area (Å²) in [7, 11) is 0. The van der Waals surface area contributed by atoms with Crippen molar-refractivity contribution in [3.63, 3.8) is 0 Å². The van der Waals surface area contributed by atoms with Crippen LogP contribution in [0.15, 0.2) is 54.9 Å². The highest BCUT2D eigenvalue weighted by molar-refractivity contribution is 6.02. The van der Waals surface area contributed by atoms with Crippen molar-refractivity contribution in [3.05, 3.63) is 94.9 Å². The van der Waals surface area contributed by atoms with E-state index in [-0.39, 0.29) is 29.7 Å². The molecule has 0 saturated carbocycles. The van der Waals surface area contributed by atoms with Crippen molar-refractivity contribution in [2.45, 2.75) is 39.5 Å². The summed E-state index contributed by atoms with van der Waals surface area (Å²) in [6.07, 6.45) is 2.87. The molecule has 0 aliphatic carbocycles. The lowest BCUT2D eigenvalue weighted by Crippen LogP contribution is -2.15. The van der Waals surface area contributed by atoms with Gasteiger partial charge in [-0.2, -0.15) is 10.2 Å². The first-order valence-corrected chi connectivity index (χ1v) is 10.9. The molecule has 188 valence electrons. The minimum Gasteiger partial charge on any atom is -0.471 e. The second-order valence-electron chi connectivity index (χ2n) is 9.09. The average Bonchev–Trinajstić information content (AvgIpc) is 3.48. The Morgan fingerprint density at radius 2 is 1.56 bits per heavy atom. The van der Waals surface area contributed by atoms with E-state index in [1.54, 1.807) is 6.20 Å². The summed E-state index contributed by atoms with van der Waals surface area (Å²) in [5.41, 5.74) is 0.469. The Balaban J connectivity index is 1.35. The predicted molar refractivity (Wildman–Crippen MR) is 124 cm³/mol. The zero-order valence-electron chi connectivity index (χ0n) is 19.7. The molecule has 0 spiro atoms. The number of benzene rings is 2. The minimum absolute atomic E-state index is 0.0301. The normalized spacial score (nSPS) is 11.5. The molecular formula is C25H23F4N5O2. The molecule has 11 heteroatoms. The number of rotatable bonds is 7. The van der Waals surface area contributed by atoms with Crippen molar-refractivity contribution in [1.82, 2.24) is 19.6 Å². The smallest absolute Gasteiger partial charge is 0.277 e. The molecule has 0 bridgehead atoms. The van der Waals surface area contributed by atoms with E-state index in [1.165, 1.54) is 28.6 Å². The van der Waals surface area contributed by atoms with Gasteiger partial charge in [0.05, 0.1) is 12.1 Å². The lowest BCUT2D eigenvalue weighted by Gasteiger charge is -2.19. The summed E-state index contributed by atoms with van der Waals surface area (Å²) >= 11 is 0. The van der Waals surface area contributed by atoms with Gasteiger partial charge >= 0.3 is 0 Å². The van der Waals surface area contributed by atoms with Crippen LogP contribution in [0, 0.1) is 23.3 Å². The van der Waals surface area contributed by atoms with E-state index in [9.17, 15) is 22.4 Å². The van der Waals surface area contributed by atoms with Crippen LogP contribution in [0.1, 0.15) is 42.4 Å². The van der Waals surface area contributed by atoms with Crippen LogP contribution < -0.4 is 10.1 Å². The van der Waals surface area contributed by atoms with Gasteiger partial charge in [0.1, 0.15) is 5.75 Å². The van der Waals surface area contributed by atoms with Gasteiger partial charge in [0.15, 0.2) is 41.5 Å². The number of ether oxygens (including phenoxy) is 1. The van der Waals surface area contributed by atoms with E-state index in [1.807, 2.05) is 24.3 Å². The second-order valence-corrected chi connectivity index (χ2v) is 9.09. The number of nitrogens with one attached hydrogen (secondary N) is 1. The maximum atomic E-state index is 13.9. The highest BCUT2D eigenvalue weighted by atomic mass is 19.2. The van der Waals surface area contributed by atoms with Crippen molar-refractivity contribution in [3.8, 4) is 5.75 Å². The molecule has 0 aliphatic heterocycles. The van der Waals surface area contributed by atoms with Crippen LogP contribution in [-0.4, -0.2) is 25.5 Å². The van der Waals surface area contributed by atoms with E-state index < -0.39 is 41.3 Å². The van der Waals surface area contributed by atoms with E-state index in [0.717, 1.165) is 4.68 Å². The number of hydrogen-bond donors (Lipinski definition) is 1. The molecule has 1 N–H and O–H groups in total. The number of halogens is 4. The van der Waals surface area contributed by atoms with Gasteiger partial charge in [-0.3, -0.25) is 9.48 Å². The molecule has 0 saturated heterocycles. The first-order chi connectivity index (χ1) is 17.0. The summed E-state index contributed by atoms with van der Waals surface area (Å²) in [6, 6.07) is 10.7. The molecule has 4 aromatic rings. The van der Waals surface area contributed by atoms with Gasteiger partial charge in [-0.15, -0.1) is 0 Å². The number of nitrogens with zero attached hydrogens (tertiary/aromatic N) is 4. The monoisotopic (exact) mass is 501 g/mol. The highest BCUT2D eigenvalue weighted by Crippen LogP contribution is 2.24. The molecule has 1 amide bonds. The van der Waals surface area contributed by atoms with E-state index >= 15 is 0 Å². The Morgan fingerprint density at radius 3 is 2.19 bits per heavy atom. The van der Waals surface area contributed by atoms with Crippen LogP contribution in [0.2, 0.25) is 0 Å². The molecule has 0 unspecified atom stereocenters. The summed E-state index contributed by atoms with van der Waals surface area (Å²) in [5, 5.41) is 10.6. The zero-order chi connectivity index (χ0) is 26.0. The van der Waals surface area contributed by atoms with Gasteiger partial charge in [0.25, 0.3) is 5.91 Å². The maximum absolute atomic E-state index is 13.9. The number of anilines is 1. The number of hydrogen-bond acceptors (Lipinski definition) is 4. The van der Waals surface area contributed by atoms with Crippen molar-refractivity contribution < 1.29 is 27.1 Å². The van der Waals surface area contributed by atoms with E-state index in [0.29, 0.717) is 5.75 Å². The van der Waals surface area contributed by atoms with Crippen LogP contribution in [-0.2, 0) is 18.7 Å². The summed E-state index contributed by atoms with van der Waals surface area (Å²) in [4.78, 5) is 12.5. The quantitative estimate of drug-likeness (QED) is 0.277. The lowest BCUT2D eigenvalue weighted by atomic mass is 9.87. The molecule has 0 fully saturated rings. The molecule has 36 heavy (non-hydrogen) atoms. The molecule has 2 aromatic carbocycles. The molecule has 4 rings (SSSR count). The summed E-state index contributed by atoms with van der Waals surface area (Å²) in [6.45, 7) is 5.86. The molecular weight excluding hydrogens is 478 g/mol. The standard InChI is InChI=1S/C25H23F4N5O2/c1-25(2,3)15-4-6-16(7-5-15)36-14-34-10-8-20(31-34)24(35)30-21-9-11-33(32-21)13-17-22(28)18(26)12-19(27)23(17)29/h4-12H,13-14H2,1-3H3,(H,30,32,35). The second kappa shape index (κ2) is 9.84. The van der Waals surface area contributed by atoms with Gasteiger partial charge < -0.3 is 10.1 Å². The Morgan fingerprint density at radius 1 is 0.917 bits per heavy atom. The van der Waals surface area contributed by atoms with Crippen LogP contribution >= 0.6 is 0 Å². The molecule has 7 nitrogen and oxygen atoms in total. The molecule has 2 aromatic heterocycles. The Labute approximate surface area is 204 Å². The van der Waals surface area contributed by atoms with Crippen molar-refractivity contribution in [1.29, 1.82) is 0 Å². The van der Waals surface area contributed by atoms with Gasteiger partial charge in [-0.25, -0.2) is 22.2 Å². The van der Waals surface area contributed by atoms with E-state index in [2.05, 4.69) is 36.3 Å². The number of amides is 1. The minimum atomic E-state index is -1.51. The first-order valence-electron chi connectivity index (χ1n) is 10.9. The van der Waals surface area contributed by atoms with Crippen molar-refractivity contribution >= 4 is 11.7 Å². The number of carbonyl (C=O) groups excluding carboxylic acids is 1. The van der Waals surface area contributed by atoms with Crippen LogP contribution in [0.4, 0.5) is 23.4 Å². The van der Waals surface area contributed by atoms with Crippen LogP contribution in [0.25, 0.3) is 0 Å². The number of aromatic nitrogens is 4. The third-order valence-corrected chi connectivity index (χ3v) is 5.36. The summed E-state index contributed by atoms with van der Waals surface area (Å²) in [5.74, 6) is -5.90. The average molecular weight is 501 g/mol. The Kier molecular flexibility index (Phi) is 6.82. The van der Waals surface area contributed by atoms with E-state index in [4.69, 9.17) is 4.74 Å². The fraction of sp³-hybridized carbons (Fsp3) is 0.240. The SMILES string of the molecule is CC(C)(C)c1ccc(OCn2ccc(C(=O)Nc3ccn(Cc4c(F)c(F)cc(F)c4F)n3)n2)cc1. The third kappa shape index (κ3) is 5.56. The highest BCUT2D eigenvalue weighted by Gasteiger charge is 2.20. The van der Waals surface area contributed by atoms with Gasteiger partial charge in [0.2, 0.25) is 0 Å². The molecule has 2 heterocycles. The Hall–Kier alpha value is -4.15. The lowest BCUT2D eigenvalue weighted by molar-refractivity contribution is 0.101. The fourth-order valence-corrected chi connectivity index (χ4v) is 3.37. The van der Waals surface area contributed by atoms with Crippen LogP contribution in [0.5, 0.6) is 5.75 Å². The molecule has 0 aliphatic rings. The third-order valence-electron chi connectivity index (χ3n) is 5.36. The van der Waals surface area contributed by atoms with Gasteiger partial charge in [-0.05, 0) is 29.2 Å². The van der Waals surface area contributed by atoms with Crippen LogP contribution in [0.3, 0.4) is 0 Å². The summed E-state index contributed by atoms with van der Waals surface area (Å²) < 4.78 is 62.8. The largest absolute Gasteiger partial charge is 0.471 e. The zero-order valence-corrected chi connectivity index (χ0v) is 19.7. The van der Waals surface area contributed by atoms with Crippen molar-refractivity contribution in [2.75, 3.05) is 5.32 Å². The predicted octanol–water partition coefficient (Wildman–Crippen LogP) is 5.27. The van der Waals surface area contributed by atoms with Gasteiger partial charge in [0, 0.05) is 24.5 Å². The molecule has 0 radical (unpaired) electrons.